The molecule has 34 heavy (non-hydrogen) atoms. The molecular weight excluding hydrogens is 484 g/mol. The summed E-state index contributed by atoms with van der Waals surface area (Å²) in [6.07, 6.45) is 0. The van der Waals surface area contributed by atoms with Gasteiger partial charge in [0.25, 0.3) is 0 Å². The van der Waals surface area contributed by atoms with Crippen molar-refractivity contribution in [1.82, 2.24) is 4.98 Å². The standard InChI is InChI=1S/C26H19FN4S3/c1-31(2)16-13-11-15(12-14-16)29-30-23-21(27)22-24(32-18-8-4-3-7-17(18)28-22)26-25(23)33-19-9-5-6-10-20(19)34-26/h3-14,28H,1-2H3. The number of para-hydroxylation sites is 1. The minimum atomic E-state index is -0.378. The van der Waals surface area contributed by atoms with E-state index in [9.17, 15) is 0 Å². The van der Waals surface area contributed by atoms with Crippen LogP contribution in [0.25, 0.3) is 39.2 Å². The van der Waals surface area contributed by atoms with Crippen molar-refractivity contribution in [1.29, 1.82) is 0 Å². The third-order valence-corrected chi connectivity index (χ3v) is 9.49. The number of nitrogens with zero attached hydrogens (tertiary/aromatic N) is 3. The lowest BCUT2D eigenvalue weighted by Crippen LogP contribution is -2.07. The van der Waals surface area contributed by atoms with E-state index in [0.717, 1.165) is 39.4 Å². The van der Waals surface area contributed by atoms with Gasteiger partial charge in [-0.15, -0.1) is 39.1 Å². The Hall–Kier alpha value is -3.33. The zero-order valence-electron chi connectivity index (χ0n) is 18.4. The van der Waals surface area contributed by atoms with Crippen LogP contribution in [0.1, 0.15) is 0 Å². The van der Waals surface area contributed by atoms with Gasteiger partial charge in [-0.05, 0) is 48.5 Å². The molecule has 0 aliphatic carbocycles. The van der Waals surface area contributed by atoms with E-state index in [1.54, 1.807) is 34.0 Å². The third kappa shape index (κ3) is 3.64. The largest absolute Gasteiger partial charge is 0.378 e. The molecule has 0 unspecified atom stereocenters. The number of aromatic nitrogens is 1. The van der Waals surface area contributed by atoms with Crippen LogP contribution in [-0.4, -0.2) is 19.1 Å². The van der Waals surface area contributed by atoms with Crippen LogP contribution in [-0.2, 0) is 0 Å². The number of hydrogen-bond donors (Lipinski definition) is 1. The SMILES string of the molecule is CN(C)c1ccc(N=Nc2c(F)c3[nH]c4ccccc4sc3c3sc4ccccc4sc23)cc1. The molecule has 4 nitrogen and oxygen atoms in total. The number of H-pyrrole nitrogens is 1. The van der Waals surface area contributed by atoms with E-state index >= 15 is 4.39 Å². The molecule has 0 spiro atoms. The van der Waals surface area contributed by atoms with Crippen molar-refractivity contribution >= 4 is 90.3 Å². The van der Waals surface area contributed by atoms with Gasteiger partial charge in [-0.2, -0.15) is 5.11 Å². The Morgan fingerprint density at radius 2 is 1.32 bits per heavy atom. The number of aromatic amines is 1. The Bertz CT molecular complexity index is 1750. The summed E-state index contributed by atoms with van der Waals surface area (Å²) in [5.74, 6) is -0.378. The molecule has 0 radical (unpaired) electrons. The summed E-state index contributed by atoms with van der Waals surface area (Å²) >= 11 is 4.82. The van der Waals surface area contributed by atoms with E-state index in [1.807, 2.05) is 73.6 Å². The maximum absolute atomic E-state index is 16.0. The molecule has 0 saturated carbocycles. The molecule has 8 heteroatoms. The Labute approximate surface area is 206 Å². The molecule has 0 aliphatic heterocycles. The Kier molecular flexibility index (Phi) is 5.28. The van der Waals surface area contributed by atoms with E-state index in [-0.39, 0.29) is 11.5 Å². The summed E-state index contributed by atoms with van der Waals surface area (Å²) in [4.78, 5) is 5.34. The molecule has 2 heterocycles. The minimum absolute atomic E-state index is 0.268. The molecule has 4 aromatic carbocycles. The van der Waals surface area contributed by atoms with Crippen LogP contribution in [0.2, 0.25) is 0 Å². The fourth-order valence-electron chi connectivity index (χ4n) is 3.80. The van der Waals surface area contributed by atoms with Crippen molar-refractivity contribution in [2.45, 2.75) is 0 Å². The number of hydrogen-bond acceptors (Lipinski definition) is 6. The monoisotopic (exact) mass is 502 g/mol. The highest BCUT2D eigenvalue weighted by atomic mass is 32.1. The van der Waals surface area contributed by atoms with Crippen molar-refractivity contribution in [3.05, 3.63) is 78.6 Å². The Balaban J connectivity index is 1.64. The third-order valence-electron chi connectivity index (χ3n) is 5.55. The van der Waals surface area contributed by atoms with Crippen molar-refractivity contribution in [2.24, 2.45) is 10.2 Å². The van der Waals surface area contributed by atoms with Gasteiger partial charge in [0.1, 0.15) is 5.69 Å². The minimum Gasteiger partial charge on any atom is -0.378 e. The van der Waals surface area contributed by atoms with E-state index in [1.165, 1.54) is 0 Å². The maximum atomic E-state index is 16.0. The molecule has 2 aromatic heterocycles. The fraction of sp³-hybridized carbons (Fsp3) is 0.0769. The van der Waals surface area contributed by atoms with Gasteiger partial charge in [-0.1, -0.05) is 24.3 Å². The summed E-state index contributed by atoms with van der Waals surface area (Å²) in [7, 11) is 3.97. The molecule has 1 N–H and O–H groups in total. The van der Waals surface area contributed by atoms with Crippen molar-refractivity contribution in [2.75, 3.05) is 19.0 Å². The van der Waals surface area contributed by atoms with Crippen LogP contribution < -0.4 is 4.90 Å². The predicted molar refractivity (Wildman–Crippen MR) is 147 cm³/mol. The first-order valence-electron chi connectivity index (χ1n) is 10.7. The highest BCUT2D eigenvalue weighted by Gasteiger charge is 2.19. The van der Waals surface area contributed by atoms with E-state index < -0.39 is 0 Å². The van der Waals surface area contributed by atoms with E-state index in [4.69, 9.17) is 0 Å². The molecular formula is C26H19FN4S3. The summed E-state index contributed by atoms with van der Waals surface area (Å²) in [5, 5.41) is 8.86. The topological polar surface area (TPSA) is 43.8 Å². The molecule has 0 aliphatic rings. The van der Waals surface area contributed by atoms with Gasteiger partial charge < -0.3 is 9.88 Å². The second kappa shape index (κ2) is 8.47. The van der Waals surface area contributed by atoms with Crippen molar-refractivity contribution < 1.29 is 4.39 Å². The lowest BCUT2D eigenvalue weighted by atomic mass is 10.2. The van der Waals surface area contributed by atoms with E-state index in [2.05, 4.69) is 33.4 Å². The van der Waals surface area contributed by atoms with Gasteiger partial charge in [-0.3, -0.25) is 0 Å². The Morgan fingerprint density at radius 1 is 0.706 bits per heavy atom. The second-order valence-corrected chi connectivity index (χ2v) is 11.2. The van der Waals surface area contributed by atoms with Crippen LogP contribution in [0.5, 0.6) is 0 Å². The lowest BCUT2D eigenvalue weighted by Gasteiger charge is -2.12. The summed E-state index contributed by atoms with van der Waals surface area (Å²) in [6.45, 7) is 0. The number of halogens is 1. The highest BCUT2D eigenvalue weighted by Crippen LogP contribution is 2.46. The zero-order valence-corrected chi connectivity index (χ0v) is 20.8. The molecule has 0 bridgehead atoms. The molecule has 0 atom stereocenters. The molecule has 0 amide bonds. The predicted octanol–water partition coefficient (Wildman–Crippen LogP) is 9.56. The van der Waals surface area contributed by atoms with Crippen LogP contribution in [0.4, 0.5) is 21.5 Å². The van der Waals surface area contributed by atoms with E-state index in [0.29, 0.717) is 11.2 Å². The smallest absolute Gasteiger partial charge is 0.177 e. The molecule has 6 aromatic rings. The number of benzene rings is 4. The van der Waals surface area contributed by atoms with Gasteiger partial charge in [0, 0.05) is 29.2 Å². The van der Waals surface area contributed by atoms with Gasteiger partial charge in [0.05, 0.1) is 35.5 Å². The van der Waals surface area contributed by atoms with Gasteiger partial charge in [-0.25, -0.2) is 4.39 Å². The van der Waals surface area contributed by atoms with Crippen LogP contribution in [0.3, 0.4) is 0 Å². The average molecular weight is 503 g/mol. The average Bonchev–Trinajstić information content (AvgIpc) is 2.87. The number of anilines is 1. The fourth-order valence-corrected chi connectivity index (χ4v) is 7.52. The first-order chi connectivity index (χ1) is 16.6. The van der Waals surface area contributed by atoms with Crippen LogP contribution >= 0.6 is 34.0 Å². The van der Waals surface area contributed by atoms with Gasteiger partial charge in [0.2, 0.25) is 0 Å². The molecule has 0 fully saturated rings. The van der Waals surface area contributed by atoms with Gasteiger partial charge >= 0.3 is 0 Å². The second-order valence-electron chi connectivity index (χ2n) is 8.01. The number of azo groups is 1. The van der Waals surface area contributed by atoms with Crippen LogP contribution in [0, 0.1) is 5.82 Å². The quantitative estimate of drug-likeness (QED) is 0.146. The summed E-state index contributed by atoms with van der Waals surface area (Å²) < 4.78 is 22.1. The van der Waals surface area contributed by atoms with Crippen molar-refractivity contribution in [3.63, 3.8) is 0 Å². The molecule has 6 rings (SSSR count). The van der Waals surface area contributed by atoms with Crippen LogP contribution in [0.15, 0.2) is 83.0 Å². The van der Waals surface area contributed by atoms with Gasteiger partial charge in [0.15, 0.2) is 5.82 Å². The number of fused-ring (bicyclic) bond motifs is 5. The summed E-state index contributed by atoms with van der Waals surface area (Å²) in [5.41, 5.74) is 3.38. The van der Waals surface area contributed by atoms with Crippen molar-refractivity contribution in [3.8, 4) is 0 Å². The first kappa shape index (κ1) is 21.2. The number of nitrogens with one attached hydrogen (secondary N) is 1. The lowest BCUT2D eigenvalue weighted by molar-refractivity contribution is 0.639. The molecule has 0 saturated heterocycles. The highest BCUT2D eigenvalue weighted by molar-refractivity contribution is 7.39. The summed E-state index contributed by atoms with van der Waals surface area (Å²) in [6, 6.07) is 23.9. The maximum Gasteiger partial charge on any atom is 0.177 e. The Morgan fingerprint density at radius 3 is 2.03 bits per heavy atom. The normalized spacial score (nSPS) is 11.9. The first-order valence-corrected chi connectivity index (χ1v) is 13.1. The molecule has 168 valence electrons. The number of rotatable bonds is 3. The zero-order chi connectivity index (χ0) is 23.2.